The summed E-state index contributed by atoms with van der Waals surface area (Å²) in [6, 6.07) is 12.2. The van der Waals surface area contributed by atoms with Crippen LogP contribution >= 0.6 is 0 Å². The lowest BCUT2D eigenvalue weighted by Gasteiger charge is -2.24. The van der Waals surface area contributed by atoms with E-state index in [1.165, 1.54) is 18.4 Å². The van der Waals surface area contributed by atoms with E-state index in [4.69, 9.17) is 15.2 Å². The molecule has 2 aliphatic heterocycles. The molecule has 1 amide bonds. The number of carbonyl (C=O) groups is 1. The van der Waals surface area contributed by atoms with Gasteiger partial charge in [-0.3, -0.25) is 9.69 Å². The molecule has 130 valence electrons. The van der Waals surface area contributed by atoms with Crippen LogP contribution in [0, 0.1) is 0 Å². The highest BCUT2D eigenvalue weighted by molar-refractivity contribution is 6.01. The summed E-state index contributed by atoms with van der Waals surface area (Å²) in [5, 5.41) is 0. The van der Waals surface area contributed by atoms with Gasteiger partial charge in [-0.15, -0.1) is 0 Å². The maximum absolute atomic E-state index is 11.9. The molecule has 4 rings (SSSR count). The van der Waals surface area contributed by atoms with E-state index >= 15 is 0 Å². The van der Waals surface area contributed by atoms with Gasteiger partial charge in [-0.25, -0.2) is 0 Å². The number of nitrogens with two attached hydrogens (primary N) is 1. The first kappa shape index (κ1) is 16.0. The Labute approximate surface area is 147 Å². The van der Waals surface area contributed by atoms with Gasteiger partial charge in [0.15, 0.2) is 11.5 Å². The number of nitrogens with zero attached hydrogens (tertiary/aromatic N) is 1. The molecule has 5 nitrogen and oxygen atoms in total. The van der Waals surface area contributed by atoms with E-state index in [9.17, 15) is 4.79 Å². The molecule has 2 N–H and O–H groups in total. The molecule has 1 saturated heterocycles. The standard InChI is InChI=1S/C20H22N2O3/c1-13(22-7-2-3-8-22)14-5-4-6-15(9-14)16-10-18-19(25-12-24-18)11-17(16)20(21)23/h4-6,9-11,13H,2-3,7-8,12H2,1H3,(H2,21,23). The zero-order chi connectivity index (χ0) is 17.4. The van der Waals surface area contributed by atoms with Gasteiger partial charge < -0.3 is 15.2 Å². The number of fused-ring (bicyclic) bond motifs is 1. The Morgan fingerprint density at radius 2 is 1.84 bits per heavy atom. The Morgan fingerprint density at radius 1 is 1.12 bits per heavy atom. The number of benzene rings is 2. The molecule has 2 heterocycles. The third-order valence-electron chi connectivity index (χ3n) is 5.15. The third-order valence-corrected chi connectivity index (χ3v) is 5.15. The largest absolute Gasteiger partial charge is 0.454 e. The smallest absolute Gasteiger partial charge is 0.249 e. The molecule has 0 bridgehead atoms. The molecule has 1 atom stereocenters. The molecule has 0 aromatic heterocycles. The summed E-state index contributed by atoms with van der Waals surface area (Å²) in [6.07, 6.45) is 2.52. The summed E-state index contributed by atoms with van der Waals surface area (Å²) >= 11 is 0. The average molecular weight is 338 g/mol. The van der Waals surface area contributed by atoms with Crippen LogP contribution in [-0.2, 0) is 0 Å². The monoisotopic (exact) mass is 338 g/mol. The van der Waals surface area contributed by atoms with Crippen LogP contribution in [0.5, 0.6) is 11.5 Å². The molecule has 5 heteroatoms. The number of hydrogen-bond acceptors (Lipinski definition) is 4. The molecular formula is C20H22N2O3. The lowest BCUT2D eigenvalue weighted by molar-refractivity contribution is 0.100. The van der Waals surface area contributed by atoms with Crippen molar-refractivity contribution < 1.29 is 14.3 Å². The van der Waals surface area contributed by atoms with Crippen molar-refractivity contribution in [3.63, 3.8) is 0 Å². The maximum Gasteiger partial charge on any atom is 0.249 e. The van der Waals surface area contributed by atoms with Gasteiger partial charge in [0.2, 0.25) is 12.7 Å². The number of carbonyl (C=O) groups excluding carboxylic acids is 1. The number of ether oxygens (including phenoxy) is 2. The average Bonchev–Trinajstić information content (AvgIpc) is 3.31. The summed E-state index contributed by atoms with van der Waals surface area (Å²) in [6.45, 7) is 4.69. The van der Waals surface area contributed by atoms with Crippen LogP contribution in [0.4, 0.5) is 0 Å². The van der Waals surface area contributed by atoms with Crippen LogP contribution in [0.15, 0.2) is 36.4 Å². The van der Waals surface area contributed by atoms with E-state index in [1.807, 2.05) is 18.2 Å². The van der Waals surface area contributed by atoms with E-state index < -0.39 is 5.91 Å². The topological polar surface area (TPSA) is 64.8 Å². The van der Waals surface area contributed by atoms with Crippen molar-refractivity contribution in [1.82, 2.24) is 4.90 Å². The predicted octanol–water partition coefficient (Wildman–Crippen LogP) is 3.34. The molecule has 1 unspecified atom stereocenters. The van der Waals surface area contributed by atoms with Crippen LogP contribution in [0.3, 0.4) is 0 Å². The molecule has 25 heavy (non-hydrogen) atoms. The second-order valence-corrected chi connectivity index (χ2v) is 6.66. The maximum atomic E-state index is 11.9. The molecule has 2 aromatic carbocycles. The fraction of sp³-hybridized carbons (Fsp3) is 0.350. The Morgan fingerprint density at radius 3 is 2.56 bits per heavy atom. The Balaban J connectivity index is 1.75. The first-order valence-corrected chi connectivity index (χ1v) is 8.71. The summed E-state index contributed by atoms with van der Waals surface area (Å²) in [4.78, 5) is 14.4. The second kappa shape index (κ2) is 6.41. The molecular weight excluding hydrogens is 316 g/mol. The van der Waals surface area contributed by atoms with Crippen LogP contribution in [0.1, 0.15) is 41.7 Å². The zero-order valence-corrected chi connectivity index (χ0v) is 14.3. The molecule has 0 saturated carbocycles. The molecule has 0 radical (unpaired) electrons. The predicted molar refractivity (Wildman–Crippen MR) is 95.7 cm³/mol. The molecule has 0 spiro atoms. The van der Waals surface area contributed by atoms with Gasteiger partial charge in [0.25, 0.3) is 0 Å². The van der Waals surface area contributed by atoms with Gasteiger partial charge in [0.1, 0.15) is 0 Å². The van der Waals surface area contributed by atoms with Crippen molar-refractivity contribution in [1.29, 1.82) is 0 Å². The Bertz CT molecular complexity index is 813. The molecule has 2 aliphatic rings. The van der Waals surface area contributed by atoms with E-state index in [-0.39, 0.29) is 6.79 Å². The van der Waals surface area contributed by atoms with Crippen LogP contribution < -0.4 is 15.2 Å². The fourth-order valence-corrected chi connectivity index (χ4v) is 3.69. The summed E-state index contributed by atoms with van der Waals surface area (Å²) < 4.78 is 10.8. The third kappa shape index (κ3) is 2.96. The number of hydrogen-bond donors (Lipinski definition) is 1. The molecule has 0 aliphatic carbocycles. The van der Waals surface area contributed by atoms with Gasteiger partial charge in [-0.05, 0) is 67.7 Å². The number of primary amides is 1. The van der Waals surface area contributed by atoms with Gasteiger partial charge in [0.05, 0.1) is 5.56 Å². The van der Waals surface area contributed by atoms with E-state index in [0.717, 1.165) is 24.2 Å². The SMILES string of the molecule is CC(c1cccc(-c2cc3c(cc2C(N)=O)OCO3)c1)N1CCCC1. The summed E-state index contributed by atoms with van der Waals surface area (Å²) in [5.41, 5.74) is 9.05. The van der Waals surface area contributed by atoms with Crippen molar-refractivity contribution in [3.8, 4) is 22.6 Å². The molecule has 1 fully saturated rings. The van der Waals surface area contributed by atoms with E-state index in [0.29, 0.717) is 23.1 Å². The van der Waals surface area contributed by atoms with Crippen LogP contribution in [-0.4, -0.2) is 30.7 Å². The fourth-order valence-electron chi connectivity index (χ4n) is 3.69. The first-order chi connectivity index (χ1) is 12.1. The first-order valence-electron chi connectivity index (χ1n) is 8.71. The molecule has 2 aromatic rings. The van der Waals surface area contributed by atoms with Crippen LogP contribution in [0.25, 0.3) is 11.1 Å². The van der Waals surface area contributed by atoms with Gasteiger partial charge in [-0.1, -0.05) is 18.2 Å². The summed E-state index contributed by atoms with van der Waals surface area (Å²) in [7, 11) is 0. The quantitative estimate of drug-likeness (QED) is 0.928. The number of amides is 1. The van der Waals surface area contributed by atoms with Crippen molar-refractivity contribution in [2.75, 3.05) is 19.9 Å². The van der Waals surface area contributed by atoms with Crippen molar-refractivity contribution in [2.45, 2.75) is 25.8 Å². The minimum Gasteiger partial charge on any atom is -0.454 e. The minimum absolute atomic E-state index is 0.170. The van der Waals surface area contributed by atoms with Gasteiger partial charge in [-0.2, -0.15) is 0 Å². The minimum atomic E-state index is -0.466. The lowest BCUT2D eigenvalue weighted by Crippen LogP contribution is -2.23. The highest BCUT2D eigenvalue weighted by Gasteiger charge is 2.22. The Kier molecular flexibility index (Phi) is 4.09. The highest BCUT2D eigenvalue weighted by atomic mass is 16.7. The van der Waals surface area contributed by atoms with Gasteiger partial charge >= 0.3 is 0 Å². The van der Waals surface area contributed by atoms with Crippen molar-refractivity contribution in [2.24, 2.45) is 5.73 Å². The lowest BCUT2D eigenvalue weighted by atomic mass is 9.95. The van der Waals surface area contributed by atoms with E-state index in [1.54, 1.807) is 6.07 Å². The normalized spacial score (nSPS) is 17.6. The number of likely N-dealkylation sites (tertiary alicyclic amines) is 1. The Hall–Kier alpha value is -2.53. The highest BCUT2D eigenvalue weighted by Crippen LogP contribution is 2.39. The van der Waals surface area contributed by atoms with Crippen LogP contribution in [0.2, 0.25) is 0 Å². The summed E-state index contributed by atoms with van der Waals surface area (Å²) in [5.74, 6) is 0.753. The van der Waals surface area contributed by atoms with Crippen molar-refractivity contribution >= 4 is 5.91 Å². The van der Waals surface area contributed by atoms with E-state index in [2.05, 4.69) is 24.0 Å². The van der Waals surface area contributed by atoms with Crippen molar-refractivity contribution in [3.05, 3.63) is 47.5 Å². The zero-order valence-electron chi connectivity index (χ0n) is 14.3. The number of rotatable bonds is 4. The second-order valence-electron chi connectivity index (χ2n) is 6.66. The van der Waals surface area contributed by atoms with Gasteiger partial charge in [0, 0.05) is 6.04 Å².